The smallest absolute Gasteiger partial charge is 0.323 e. The summed E-state index contributed by atoms with van der Waals surface area (Å²) >= 11 is 0. The van der Waals surface area contributed by atoms with Crippen LogP contribution in [0.15, 0.2) is 0 Å². The summed E-state index contributed by atoms with van der Waals surface area (Å²) in [6, 6.07) is -0.734. The van der Waals surface area contributed by atoms with Gasteiger partial charge in [0.1, 0.15) is 12.6 Å². The standard InChI is InChI=1S/C10H19F2NO3/c1-3-5-8(9(15)16-4-2)13-6-10(11,12)7-14/h8,13-14H,3-7H2,1-2H3. The van der Waals surface area contributed by atoms with Crippen LogP contribution in [0, 0.1) is 0 Å². The van der Waals surface area contributed by atoms with Crippen LogP contribution in [-0.2, 0) is 9.53 Å². The van der Waals surface area contributed by atoms with E-state index in [1.165, 1.54) is 0 Å². The third-order valence-electron chi connectivity index (χ3n) is 1.99. The fraction of sp³-hybridized carbons (Fsp3) is 0.900. The zero-order valence-corrected chi connectivity index (χ0v) is 9.63. The zero-order chi connectivity index (χ0) is 12.6. The van der Waals surface area contributed by atoms with Crippen molar-refractivity contribution in [3.8, 4) is 0 Å². The molecule has 0 amide bonds. The maximum absolute atomic E-state index is 12.7. The van der Waals surface area contributed by atoms with Gasteiger partial charge in [0, 0.05) is 0 Å². The number of hydrogen-bond donors (Lipinski definition) is 2. The topological polar surface area (TPSA) is 58.6 Å². The van der Waals surface area contributed by atoms with Crippen molar-refractivity contribution in [2.75, 3.05) is 19.8 Å². The monoisotopic (exact) mass is 239 g/mol. The Kier molecular flexibility index (Phi) is 7.16. The summed E-state index contributed by atoms with van der Waals surface area (Å²) in [7, 11) is 0. The summed E-state index contributed by atoms with van der Waals surface area (Å²) in [5.74, 6) is -3.74. The summed E-state index contributed by atoms with van der Waals surface area (Å²) in [4.78, 5) is 11.3. The first-order valence-electron chi connectivity index (χ1n) is 5.35. The molecule has 0 aliphatic carbocycles. The Labute approximate surface area is 94.0 Å². The second-order valence-electron chi connectivity index (χ2n) is 3.49. The molecule has 0 aromatic carbocycles. The summed E-state index contributed by atoms with van der Waals surface area (Å²) in [5, 5.41) is 10.8. The second-order valence-corrected chi connectivity index (χ2v) is 3.49. The van der Waals surface area contributed by atoms with Crippen molar-refractivity contribution in [2.24, 2.45) is 0 Å². The molecule has 0 spiro atoms. The van der Waals surface area contributed by atoms with E-state index in [9.17, 15) is 13.6 Å². The molecular formula is C10H19F2NO3. The molecule has 96 valence electrons. The van der Waals surface area contributed by atoms with E-state index >= 15 is 0 Å². The third kappa shape index (κ3) is 5.97. The van der Waals surface area contributed by atoms with E-state index in [2.05, 4.69) is 5.32 Å². The van der Waals surface area contributed by atoms with E-state index in [-0.39, 0.29) is 6.61 Å². The van der Waals surface area contributed by atoms with E-state index in [4.69, 9.17) is 9.84 Å². The fourth-order valence-corrected chi connectivity index (χ4v) is 1.16. The molecule has 0 aliphatic rings. The molecule has 1 unspecified atom stereocenters. The van der Waals surface area contributed by atoms with Gasteiger partial charge >= 0.3 is 5.97 Å². The SMILES string of the molecule is CCCC(NCC(F)(F)CO)C(=O)OCC. The number of nitrogens with one attached hydrogen (secondary N) is 1. The molecule has 0 aromatic heterocycles. The first-order chi connectivity index (χ1) is 7.46. The van der Waals surface area contributed by atoms with Crippen LogP contribution in [-0.4, -0.2) is 42.8 Å². The number of hydrogen-bond acceptors (Lipinski definition) is 4. The Morgan fingerprint density at radius 1 is 1.50 bits per heavy atom. The van der Waals surface area contributed by atoms with E-state index in [0.29, 0.717) is 12.8 Å². The van der Waals surface area contributed by atoms with Gasteiger partial charge in [-0.05, 0) is 13.3 Å². The van der Waals surface area contributed by atoms with Gasteiger partial charge in [0.25, 0.3) is 5.92 Å². The highest BCUT2D eigenvalue weighted by Crippen LogP contribution is 2.11. The van der Waals surface area contributed by atoms with Gasteiger partial charge in [-0.3, -0.25) is 10.1 Å². The van der Waals surface area contributed by atoms with Gasteiger partial charge in [0.2, 0.25) is 0 Å². The number of aliphatic hydroxyl groups is 1. The molecular weight excluding hydrogens is 220 g/mol. The first-order valence-corrected chi connectivity index (χ1v) is 5.35. The zero-order valence-electron chi connectivity index (χ0n) is 9.63. The normalized spacial score (nSPS) is 13.6. The number of carbonyl (C=O) groups excluding carboxylic acids is 1. The molecule has 0 aromatic rings. The lowest BCUT2D eigenvalue weighted by Gasteiger charge is -2.20. The molecule has 0 aliphatic heterocycles. The molecule has 16 heavy (non-hydrogen) atoms. The van der Waals surface area contributed by atoms with Crippen LogP contribution in [0.4, 0.5) is 8.78 Å². The number of carbonyl (C=O) groups is 1. The van der Waals surface area contributed by atoms with Crippen LogP contribution in [0.5, 0.6) is 0 Å². The third-order valence-corrected chi connectivity index (χ3v) is 1.99. The lowest BCUT2D eigenvalue weighted by Crippen LogP contribution is -2.45. The van der Waals surface area contributed by atoms with Crippen molar-refractivity contribution in [3.63, 3.8) is 0 Å². The summed E-state index contributed by atoms with van der Waals surface area (Å²) in [6.45, 7) is 1.76. The minimum atomic E-state index is -3.21. The van der Waals surface area contributed by atoms with Crippen LogP contribution < -0.4 is 5.32 Å². The average molecular weight is 239 g/mol. The Morgan fingerprint density at radius 2 is 2.12 bits per heavy atom. The fourth-order valence-electron chi connectivity index (χ4n) is 1.16. The lowest BCUT2D eigenvalue weighted by molar-refractivity contribution is -0.146. The number of aliphatic hydroxyl groups excluding tert-OH is 1. The van der Waals surface area contributed by atoms with Crippen LogP contribution >= 0.6 is 0 Å². The maximum atomic E-state index is 12.7. The highest BCUT2D eigenvalue weighted by molar-refractivity contribution is 5.75. The predicted octanol–water partition coefficient (Wildman–Crippen LogP) is 0.935. The number of rotatable bonds is 8. The molecule has 4 nitrogen and oxygen atoms in total. The summed E-state index contributed by atoms with van der Waals surface area (Å²) in [5.41, 5.74) is 0. The Bertz CT molecular complexity index is 212. The Hall–Kier alpha value is -0.750. The summed E-state index contributed by atoms with van der Waals surface area (Å²) in [6.07, 6.45) is 1.11. The van der Waals surface area contributed by atoms with E-state index in [0.717, 1.165) is 0 Å². The largest absolute Gasteiger partial charge is 0.465 e. The van der Waals surface area contributed by atoms with Crippen molar-refractivity contribution in [2.45, 2.75) is 38.7 Å². The highest BCUT2D eigenvalue weighted by atomic mass is 19.3. The van der Waals surface area contributed by atoms with Gasteiger partial charge in [-0.1, -0.05) is 13.3 Å². The number of alkyl halides is 2. The van der Waals surface area contributed by atoms with Gasteiger partial charge in [0.05, 0.1) is 13.2 Å². The van der Waals surface area contributed by atoms with Crippen molar-refractivity contribution >= 4 is 5.97 Å². The van der Waals surface area contributed by atoms with Crippen molar-refractivity contribution in [1.82, 2.24) is 5.32 Å². The molecule has 0 fully saturated rings. The number of esters is 1. The van der Waals surface area contributed by atoms with Crippen LogP contribution in [0.1, 0.15) is 26.7 Å². The first kappa shape index (κ1) is 15.2. The van der Waals surface area contributed by atoms with Gasteiger partial charge in [-0.2, -0.15) is 0 Å². The highest BCUT2D eigenvalue weighted by Gasteiger charge is 2.30. The number of ether oxygens (including phenoxy) is 1. The van der Waals surface area contributed by atoms with E-state index in [1.807, 2.05) is 6.92 Å². The molecule has 2 N–H and O–H groups in total. The lowest BCUT2D eigenvalue weighted by atomic mass is 10.1. The molecule has 0 radical (unpaired) electrons. The Morgan fingerprint density at radius 3 is 2.56 bits per heavy atom. The second kappa shape index (κ2) is 7.51. The molecule has 0 bridgehead atoms. The molecule has 0 rings (SSSR count). The van der Waals surface area contributed by atoms with Gasteiger partial charge < -0.3 is 9.84 Å². The van der Waals surface area contributed by atoms with Gasteiger partial charge in [0.15, 0.2) is 0 Å². The minimum Gasteiger partial charge on any atom is -0.465 e. The molecule has 6 heteroatoms. The van der Waals surface area contributed by atoms with Crippen LogP contribution in [0.2, 0.25) is 0 Å². The number of halogens is 2. The van der Waals surface area contributed by atoms with Crippen LogP contribution in [0.25, 0.3) is 0 Å². The molecule has 1 atom stereocenters. The summed E-state index contributed by atoms with van der Waals surface area (Å²) < 4.78 is 30.2. The molecule has 0 heterocycles. The van der Waals surface area contributed by atoms with Crippen LogP contribution in [0.3, 0.4) is 0 Å². The quantitative estimate of drug-likeness (QED) is 0.619. The van der Waals surface area contributed by atoms with E-state index < -0.39 is 31.1 Å². The van der Waals surface area contributed by atoms with Crippen molar-refractivity contribution in [1.29, 1.82) is 0 Å². The van der Waals surface area contributed by atoms with Gasteiger partial charge in [-0.15, -0.1) is 0 Å². The van der Waals surface area contributed by atoms with Crippen molar-refractivity contribution < 1.29 is 23.4 Å². The molecule has 0 saturated carbocycles. The van der Waals surface area contributed by atoms with Crippen molar-refractivity contribution in [3.05, 3.63) is 0 Å². The van der Waals surface area contributed by atoms with Gasteiger partial charge in [-0.25, -0.2) is 8.78 Å². The Balaban J connectivity index is 4.17. The predicted molar refractivity (Wildman–Crippen MR) is 55.4 cm³/mol. The minimum absolute atomic E-state index is 0.219. The maximum Gasteiger partial charge on any atom is 0.323 e. The molecule has 0 saturated heterocycles. The van der Waals surface area contributed by atoms with E-state index in [1.54, 1.807) is 6.92 Å². The average Bonchev–Trinajstić information content (AvgIpc) is 2.24.